The summed E-state index contributed by atoms with van der Waals surface area (Å²) in [4.78, 5) is 5.86. The van der Waals surface area contributed by atoms with Crippen LogP contribution in [0.5, 0.6) is 11.5 Å². The summed E-state index contributed by atoms with van der Waals surface area (Å²) in [6, 6.07) is 10.3. The second-order valence-corrected chi connectivity index (χ2v) is 6.16. The van der Waals surface area contributed by atoms with Crippen molar-refractivity contribution in [3.05, 3.63) is 52.7 Å². The molecular formula is C17H17NO2S. The van der Waals surface area contributed by atoms with Crippen LogP contribution in [0.3, 0.4) is 0 Å². The van der Waals surface area contributed by atoms with E-state index in [2.05, 4.69) is 30.1 Å². The standard InChI is InChI=1S/C17H17NO2S/c1-11-8-13-6-7-18-14(17(13)21-11)9-12-4-5-15(19-2)16(10-12)20-3/h4-8,10H,9H2,1-3H3. The fraction of sp³-hybridized carbons (Fsp3) is 0.235. The summed E-state index contributed by atoms with van der Waals surface area (Å²) in [7, 11) is 3.30. The number of aryl methyl sites for hydroxylation is 1. The smallest absolute Gasteiger partial charge is 0.160 e. The summed E-state index contributed by atoms with van der Waals surface area (Å²) in [5.41, 5.74) is 2.27. The van der Waals surface area contributed by atoms with Crippen molar-refractivity contribution in [3.63, 3.8) is 0 Å². The van der Waals surface area contributed by atoms with Crippen LogP contribution in [0, 0.1) is 6.92 Å². The summed E-state index contributed by atoms with van der Waals surface area (Å²) >= 11 is 1.80. The van der Waals surface area contributed by atoms with Gasteiger partial charge >= 0.3 is 0 Å². The Morgan fingerprint density at radius 1 is 1.05 bits per heavy atom. The Morgan fingerprint density at radius 2 is 1.86 bits per heavy atom. The van der Waals surface area contributed by atoms with Crippen molar-refractivity contribution in [2.75, 3.05) is 14.2 Å². The van der Waals surface area contributed by atoms with Gasteiger partial charge in [0.1, 0.15) is 0 Å². The molecule has 3 aromatic rings. The first-order valence-electron chi connectivity index (χ1n) is 6.76. The first kappa shape index (κ1) is 13.9. The van der Waals surface area contributed by atoms with Gasteiger partial charge in [-0.15, -0.1) is 11.3 Å². The Balaban J connectivity index is 1.98. The summed E-state index contributed by atoms with van der Waals surface area (Å²) in [5.74, 6) is 1.50. The molecule has 0 amide bonds. The fourth-order valence-corrected chi connectivity index (χ4v) is 3.45. The Bertz CT molecular complexity index is 780. The quantitative estimate of drug-likeness (QED) is 0.723. The van der Waals surface area contributed by atoms with Crippen molar-refractivity contribution < 1.29 is 9.47 Å². The Kier molecular flexibility index (Phi) is 3.80. The minimum absolute atomic E-state index is 0.749. The summed E-state index contributed by atoms with van der Waals surface area (Å²) in [5, 5.41) is 1.27. The molecule has 21 heavy (non-hydrogen) atoms. The molecule has 0 N–H and O–H groups in total. The second-order valence-electron chi connectivity index (χ2n) is 4.90. The van der Waals surface area contributed by atoms with E-state index >= 15 is 0 Å². The van der Waals surface area contributed by atoms with Crippen molar-refractivity contribution in [1.82, 2.24) is 4.98 Å². The van der Waals surface area contributed by atoms with Gasteiger partial charge in [-0.1, -0.05) is 6.07 Å². The lowest BCUT2D eigenvalue weighted by Gasteiger charge is -2.09. The van der Waals surface area contributed by atoms with Crippen LogP contribution < -0.4 is 9.47 Å². The molecule has 0 aliphatic carbocycles. The predicted molar refractivity (Wildman–Crippen MR) is 86.7 cm³/mol. The Labute approximate surface area is 128 Å². The lowest BCUT2D eigenvalue weighted by molar-refractivity contribution is 0.354. The fourth-order valence-electron chi connectivity index (χ4n) is 2.46. The van der Waals surface area contributed by atoms with E-state index in [1.165, 1.54) is 20.5 Å². The van der Waals surface area contributed by atoms with Crippen molar-refractivity contribution in [2.24, 2.45) is 0 Å². The van der Waals surface area contributed by atoms with Gasteiger partial charge in [-0.3, -0.25) is 4.98 Å². The number of hydrogen-bond acceptors (Lipinski definition) is 4. The molecule has 0 radical (unpaired) electrons. The molecule has 0 unspecified atom stereocenters. The van der Waals surface area contributed by atoms with Crippen molar-refractivity contribution >= 4 is 21.4 Å². The van der Waals surface area contributed by atoms with Gasteiger partial charge in [-0.05, 0) is 42.1 Å². The van der Waals surface area contributed by atoms with Crippen molar-refractivity contribution in [1.29, 1.82) is 0 Å². The van der Waals surface area contributed by atoms with Crippen LogP contribution in [-0.4, -0.2) is 19.2 Å². The SMILES string of the molecule is COc1ccc(Cc2nccc3cc(C)sc23)cc1OC. The molecule has 4 heteroatoms. The molecule has 0 saturated heterocycles. The number of rotatable bonds is 4. The Hall–Kier alpha value is -2.07. The van der Waals surface area contributed by atoms with E-state index in [-0.39, 0.29) is 0 Å². The average Bonchev–Trinajstić information content (AvgIpc) is 2.88. The third kappa shape index (κ3) is 2.72. The highest BCUT2D eigenvalue weighted by molar-refractivity contribution is 7.19. The molecule has 3 rings (SSSR count). The molecule has 108 valence electrons. The number of benzene rings is 1. The number of nitrogens with zero attached hydrogens (tertiary/aromatic N) is 1. The normalized spacial score (nSPS) is 10.8. The van der Waals surface area contributed by atoms with E-state index in [0.717, 1.165) is 23.6 Å². The van der Waals surface area contributed by atoms with E-state index in [1.807, 2.05) is 18.3 Å². The highest BCUT2D eigenvalue weighted by atomic mass is 32.1. The van der Waals surface area contributed by atoms with Crippen LogP contribution in [0.4, 0.5) is 0 Å². The summed E-state index contributed by atoms with van der Waals surface area (Å²) < 4.78 is 11.9. The van der Waals surface area contributed by atoms with Crippen LogP contribution in [0.2, 0.25) is 0 Å². The minimum Gasteiger partial charge on any atom is -0.493 e. The molecule has 2 heterocycles. The first-order chi connectivity index (χ1) is 10.2. The summed E-state index contributed by atoms with van der Waals surface area (Å²) in [6.07, 6.45) is 2.67. The highest BCUT2D eigenvalue weighted by Gasteiger charge is 2.09. The number of thiophene rings is 1. The van der Waals surface area contributed by atoms with E-state index in [9.17, 15) is 0 Å². The zero-order chi connectivity index (χ0) is 14.8. The number of ether oxygens (including phenoxy) is 2. The van der Waals surface area contributed by atoms with Crippen LogP contribution >= 0.6 is 11.3 Å². The lowest BCUT2D eigenvalue weighted by Crippen LogP contribution is -1.95. The van der Waals surface area contributed by atoms with Gasteiger partial charge in [-0.2, -0.15) is 0 Å². The number of aromatic nitrogens is 1. The molecule has 2 aromatic heterocycles. The van der Waals surface area contributed by atoms with Gasteiger partial charge in [0.05, 0.1) is 24.6 Å². The molecule has 0 atom stereocenters. The third-order valence-corrected chi connectivity index (χ3v) is 4.57. The zero-order valence-corrected chi connectivity index (χ0v) is 13.2. The molecule has 0 spiro atoms. The lowest BCUT2D eigenvalue weighted by atomic mass is 10.1. The van der Waals surface area contributed by atoms with Gasteiger partial charge in [0, 0.05) is 17.5 Å². The van der Waals surface area contributed by atoms with Gasteiger partial charge in [-0.25, -0.2) is 0 Å². The van der Waals surface area contributed by atoms with Crippen LogP contribution in [-0.2, 0) is 6.42 Å². The number of pyridine rings is 1. The maximum absolute atomic E-state index is 5.36. The van der Waals surface area contributed by atoms with Crippen molar-refractivity contribution in [3.8, 4) is 11.5 Å². The van der Waals surface area contributed by atoms with Gasteiger partial charge in [0.15, 0.2) is 11.5 Å². The monoisotopic (exact) mass is 299 g/mol. The third-order valence-electron chi connectivity index (χ3n) is 3.45. The molecule has 0 aliphatic rings. The Morgan fingerprint density at radius 3 is 2.62 bits per heavy atom. The maximum atomic E-state index is 5.36. The molecule has 0 fully saturated rings. The van der Waals surface area contributed by atoms with Crippen LogP contribution in [0.1, 0.15) is 16.1 Å². The second kappa shape index (κ2) is 5.74. The van der Waals surface area contributed by atoms with Crippen LogP contribution in [0.25, 0.3) is 10.1 Å². The van der Waals surface area contributed by atoms with Gasteiger partial charge in [0.25, 0.3) is 0 Å². The van der Waals surface area contributed by atoms with Gasteiger partial charge in [0.2, 0.25) is 0 Å². The predicted octanol–water partition coefficient (Wildman–Crippen LogP) is 4.21. The molecule has 0 aliphatic heterocycles. The van der Waals surface area contributed by atoms with E-state index in [0.29, 0.717) is 0 Å². The van der Waals surface area contributed by atoms with E-state index in [1.54, 1.807) is 25.6 Å². The van der Waals surface area contributed by atoms with Crippen molar-refractivity contribution in [2.45, 2.75) is 13.3 Å². The molecular weight excluding hydrogens is 282 g/mol. The number of methoxy groups -OCH3 is 2. The van der Waals surface area contributed by atoms with E-state index < -0.39 is 0 Å². The molecule has 3 nitrogen and oxygen atoms in total. The van der Waals surface area contributed by atoms with Crippen LogP contribution in [0.15, 0.2) is 36.5 Å². The number of fused-ring (bicyclic) bond motifs is 1. The minimum atomic E-state index is 0.749. The first-order valence-corrected chi connectivity index (χ1v) is 7.58. The zero-order valence-electron chi connectivity index (χ0n) is 12.3. The number of hydrogen-bond donors (Lipinski definition) is 0. The topological polar surface area (TPSA) is 31.4 Å². The average molecular weight is 299 g/mol. The molecule has 1 aromatic carbocycles. The highest BCUT2D eigenvalue weighted by Crippen LogP contribution is 2.31. The summed E-state index contributed by atoms with van der Waals surface area (Å²) in [6.45, 7) is 2.13. The maximum Gasteiger partial charge on any atom is 0.160 e. The largest absolute Gasteiger partial charge is 0.493 e. The molecule has 0 saturated carbocycles. The van der Waals surface area contributed by atoms with Gasteiger partial charge < -0.3 is 9.47 Å². The molecule has 0 bridgehead atoms. The van der Waals surface area contributed by atoms with E-state index in [4.69, 9.17) is 9.47 Å².